The number of aliphatic imine (C=N–C) groups is 1. The molecule has 1 amide bonds. The van der Waals surface area contributed by atoms with Crippen LogP contribution in [0.15, 0.2) is 21.5 Å². The normalized spacial score (nSPS) is 15.1. The second-order valence-electron chi connectivity index (χ2n) is 2.52. The summed E-state index contributed by atoms with van der Waals surface area (Å²) in [6.07, 6.45) is 1.56. The minimum Gasteiger partial charge on any atom is -0.456 e. The number of carbonyl (C=O) groups excluding carboxylic acids is 1. The van der Waals surface area contributed by atoms with E-state index in [1.165, 1.54) is 0 Å². The van der Waals surface area contributed by atoms with E-state index in [0.29, 0.717) is 11.1 Å². The third kappa shape index (κ3) is 0.420. The fraction of sp³-hybridized carbons (Fsp3) is 0. The van der Waals surface area contributed by atoms with Crippen molar-refractivity contribution in [2.75, 3.05) is 0 Å². The lowest BCUT2D eigenvalue weighted by molar-refractivity contribution is 0.101. The summed E-state index contributed by atoms with van der Waals surface area (Å²) in [5, 5.41) is 0. The maximum absolute atomic E-state index is 11.0. The van der Waals surface area contributed by atoms with Gasteiger partial charge in [0.25, 0.3) is 5.91 Å². The zero-order chi connectivity index (χ0) is 7.42. The monoisotopic (exact) mass is 145 g/mol. The largest absolute Gasteiger partial charge is 0.456 e. The van der Waals surface area contributed by atoms with Crippen molar-refractivity contribution in [3.8, 4) is 0 Å². The Balaban J connectivity index is 2.59. The molecule has 0 saturated carbocycles. The van der Waals surface area contributed by atoms with Gasteiger partial charge < -0.3 is 4.42 Å². The van der Waals surface area contributed by atoms with E-state index in [1.807, 2.05) is 6.07 Å². The molecule has 2 bridgehead atoms. The second-order valence-corrected chi connectivity index (χ2v) is 2.52. The van der Waals surface area contributed by atoms with Crippen molar-refractivity contribution in [2.45, 2.75) is 0 Å². The summed E-state index contributed by atoms with van der Waals surface area (Å²) in [6.45, 7) is 0. The molecule has 52 valence electrons. The van der Waals surface area contributed by atoms with Crippen LogP contribution in [0.2, 0.25) is 0 Å². The number of furan rings is 2. The van der Waals surface area contributed by atoms with Crippen molar-refractivity contribution in [1.82, 2.24) is 0 Å². The molecule has 0 aliphatic carbocycles. The van der Waals surface area contributed by atoms with E-state index < -0.39 is 0 Å². The van der Waals surface area contributed by atoms with Crippen LogP contribution in [0, 0.1) is 0 Å². The first-order valence-corrected chi connectivity index (χ1v) is 3.29. The van der Waals surface area contributed by atoms with Crippen molar-refractivity contribution in [1.29, 1.82) is 0 Å². The Morgan fingerprint density at radius 3 is 2.91 bits per heavy atom. The Bertz CT molecular complexity index is 467. The number of carbonyl (C=O) groups is 1. The summed E-state index contributed by atoms with van der Waals surface area (Å²) in [5.74, 6) is -0.186. The van der Waals surface area contributed by atoms with E-state index in [2.05, 4.69) is 4.99 Å². The number of fused-ring (bicyclic) bond motifs is 5. The first kappa shape index (κ1) is 5.07. The predicted molar refractivity (Wildman–Crippen MR) is 39.3 cm³/mol. The number of hydrogen-bond donors (Lipinski definition) is 0. The fourth-order valence-corrected chi connectivity index (χ4v) is 1.41. The molecule has 3 heterocycles. The quantitative estimate of drug-likeness (QED) is 0.562. The number of rotatable bonds is 0. The van der Waals surface area contributed by atoms with Gasteiger partial charge in [0.1, 0.15) is 11.2 Å². The lowest BCUT2D eigenvalue weighted by atomic mass is 10.1. The van der Waals surface area contributed by atoms with E-state index in [9.17, 15) is 4.79 Å². The predicted octanol–water partition coefficient (Wildman–Crippen LogP) is 1.44. The summed E-state index contributed by atoms with van der Waals surface area (Å²) in [4.78, 5) is 14.7. The van der Waals surface area contributed by atoms with Gasteiger partial charge in [-0.15, -0.1) is 0 Å². The molecular weight excluding hydrogens is 142 g/mol. The Morgan fingerprint density at radius 1 is 1.27 bits per heavy atom. The van der Waals surface area contributed by atoms with Crippen LogP contribution in [-0.4, -0.2) is 12.1 Å². The van der Waals surface area contributed by atoms with E-state index in [-0.39, 0.29) is 5.91 Å². The lowest BCUT2D eigenvalue weighted by Crippen LogP contribution is -1.88. The Kier molecular flexibility index (Phi) is 0.619. The van der Waals surface area contributed by atoms with Crippen LogP contribution in [0.25, 0.3) is 11.2 Å². The van der Waals surface area contributed by atoms with Gasteiger partial charge in [0, 0.05) is 6.21 Å². The number of benzene rings is 1. The highest BCUT2D eigenvalue weighted by Gasteiger charge is 2.24. The van der Waals surface area contributed by atoms with Crippen molar-refractivity contribution in [3.05, 3.63) is 23.3 Å². The molecular formula is C8H3NO2. The first-order valence-electron chi connectivity index (χ1n) is 3.29. The average molecular weight is 145 g/mol. The van der Waals surface area contributed by atoms with Gasteiger partial charge in [0.15, 0.2) is 0 Å². The van der Waals surface area contributed by atoms with E-state index in [1.54, 1.807) is 12.3 Å². The SMILES string of the molecule is O=C1N=Cc2c1c1ccc2o1. The molecule has 0 saturated heterocycles. The number of hydrogen-bond acceptors (Lipinski definition) is 2. The molecule has 3 heteroatoms. The number of amides is 1. The Labute approximate surface area is 61.7 Å². The van der Waals surface area contributed by atoms with E-state index >= 15 is 0 Å². The molecule has 2 aromatic rings. The topological polar surface area (TPSA) is 42.6 Å². The van der Waals surface area contributed by atoms with Gasteiger partial charge in [0.2, 0.25) is 0 Å². The van der Waals surface area contributed by atoms with Crippen LogP contribution < -0.4 is 0 Å². The molecule has 1 aliphatic heterocycles. The molecule has 3 rings (SSSR count). The van der Waals surface area contributed by atoms with Crippen molar-refractivity contribution in [2.24, 2.45) is 4.99 Å². The van der Waals surface area contributed by atoms with Crippen LogP contribution in [0.3, 0.4) is 0 Å². The maximum atomic E-state index is 11.0. The highest BCUT2D eigenvalue weighted by molar-refractivity contribution is 6.20. The van der Waals surface area contributed by atoms with Gasteiger partial charge >= 0.3 is 0 Å². The minimum absolute atomic E-state index is 0.186. The summed E-state index contributed by atoms with van der Waals surface area (Å²) < 4.78 is 5.25. The summed E-state index contributed by atoms with van der Waals surface area (Å²) >= 11 is 0. The standard InChI is InChI=1S/C8H3NO2/c10-8-7-4(3-9-8)5-1-2-6(7)11-5/h1-3H. The number of nitrogens with zero attached hydrogens (tertiary/aromatic N) is 1. The van der Waals surface area contributed by atoms with Crippen LogP contribution in [0.5, 0.6) is 0 Å². The fourth-order valence-electron chi connectivity index (χ4n) is 1.41. The summed E-state index contributed by atoms with van der Waals surface area (Å²) in [7, 11) is 0. The molecule has 0 atom stereocenters. The average Bonchev–Trinajstić information content (AvgIpc) is 2.60. The molecule has 0 fully saturated rings. The minimum atomic E-state index is -0.186. The van der Waals surface area contributed by atoms with Gasteiger partial charge in [0.05, 0.1) is 11.1 Å². The van der Waals surface area contributed by atoms with Crippen LogP contribution in [-0.2, 0) is 0 Å². The highest BCUT2D eigenvalue weighted by atomic mass is 16.3. The van der Waals surface area contributed by atoms with Gasteiger partial charge in [-0.3, -0.25) is 4.79 Å². The zero-order valence-electron chi connectivity index (χ0n) is 5.50. The smallest absolute Gasteiger partial charge is 0.281 e. The molecule has 2 aromatic heterocycles. The van der Waals surface area contributed by atoms with Crippen LogP contribution in [0.1, 0.15) is 15.9 Å². The molecule has 0 unspecified atom stereocenters. The van der Waals surface area contributed by atoms with Gasteiger partial charge in [-0.25, -0.2) is 4.99 Å². The van der Waals surface area contributed by atoms with Crippen molar-refractivity contribution >= 4 is 23.3 Å². The van der Waals surface area contributed by atoms with Gasteiger partial charge in [-0.1, -0.05) is 0 Å². The molecule has 0 spiro atoms. The molecule has 0 aromatic carbocycles. The third-order valence-electron chi connectivity index (χ3n) is 1.91. The van der Waals surface area contributed by atoms with E-state index in [0.717, 1.165) is 11.1 Å². The van der Waals surface area contributed by atoms with Gasteiger partial charge in [-0.05, 0) is 12.1 Å². The van der Waals surface area contributed by atoms with Crippen molar-refractivity contribution < 1.29 is 9.21 Å². The molecule has 1 aliphatic rings. The maximum Gasteiger partial charge on any atom is 0.281 e. The molecule has 0 N–H and O–H groups in total. The molecule has 11 heavy (non-hydrogen) atoms. The molecule has 0 radical (unpaired) electrons. The second kappa shape index (κ2) is 1.34. The highest BCUT2D eigenvalue weighted by Crippen LogP contribution is 2.30. The van der Waals surface area contributed by atoms with E-state index in [4.69, 9.17) is 4.42 Å². The Morgan fingerprint density at radius 2 is 2.09 bits per heavy atom. The zero-order valence-corrected chi connectivity index (χ0v) is 5.50. The summed E-state index contributed by atoms with van der Waals surface area (Å²) in [5.41, 5.74) is 2.87. The Hall–Kier alpha value is -1.64. The van der Waals surface area contributed by atoms with Crippen LogP contribution >= 0.6 is 0 Å². The third-order valence-corrected chi connectivity index (χ3v) is 1.91. The van der Waals surface area contributed by atoms with Crippen molar-refractivity contribution in [3.63, 3.8) is 0 Å². The molecule has 3 nitrogen and oxygen atoms in total. The summed E-state index contributed by atoms with van der Waals surface area (Å²) in [6, 6.07) is 3.64. The van der Waals surface area contributed by atoms with Gasteiger partial charge in [-0.2, -0.15) is 0 Å². The first-order chi connectivity index (χ1) is 5.36. The van der Waals surface area contributed by atoms with Crippen LogP contribution in [0.4, 0.5) is 0 Å². The lowest BCUT2D eigenvalue weighted by Gasteiger charge is -1.83.